The molecule has 1 spiro atoms. The Bertz CT molecular complexity index is 754. The van der Waals surface area contributed by atoms with Crippen molar-refractivity contribution in [2.75, 3.05) is 6.61 Å². The van der Waals surface area contributed by atoms with Gasteiger partial charge in [-0.1, -0.05) is 11.6 Å². The number of aromatic nitrogens is 3. The number of halogens is 1. The molecule has 0 aromatic carbocycles. The summed E-state index contributed by atoms with van der Waals surface area (Å²) in [4.78, 5) is 15.3. The first-order valence-electron chi connectivity index (χ1n) is 7.23. The fraction of sp³-hybridized carbons (Fsp3) is 0.400. The number of hydrogen-bond donors (Lipinski definition) is 1. The van der Waals surface area contributed by atoms with Crippen LogP contribution in [0.4, 0.5) is 0 Å². The van der Waals surface area contributed by atoms with E-state index in [0.717, 1.165) is 6.61 Å². The topological polar surface area (TPSA) is 83.0 Å². The molecule has 0 radical (unpaired) electrons. The molecule has 2 fully saturated rings. The molecular weight excluding hydrogens is 304 g/mol. The van der Waals surface area contributed by atoms with E-state index in [4.69, 9.17) is 22.1 Å². The van der Waals surface area contributed by atoms with Crippen LogP contribution in [0.3, 0.4) is 0 Å². The molecule has 2 N–H and O–H groups in total. The van der Waals surface area contributed by atoms with E-state index < -0.39 is 5.91 Å². The van der Waals surface area contributed by atoms with E-state index in [1.54, 1.807) is 23.0 Å². The molecule has 7 heteroatoms. The van der Waals surface area contributed by atoms with Crippen LogP contribution in [0, 0.1) is 11.3 Å². The van der Waals surface area contributed by atoms with Gasteiger partial charge in [0.15, 0.2) is 5.82 Å². The number of nitrogens with two attached hydrogens (primary N) is 1. The van der Waals surface area contributed by atoms with E-state index in [9.17, 15) is 4.79 Å². The van der Waals surface area contributed by atoms with E-state index >= 15 is 0 Å². The summed E-state index contributed by atoms with van der Waals surface area (Å²) in [6.45, 7) is 0.728. The number of pyridine rings is 1. The van der Waals surface area contributed by atoms with Gasteiger partial charge >= 0.3 is 0 Å². The number of amides is 1. The molecule has 2 aromatic heterocycles. The van der Waals surface area contributed by atoms with Crippen molar-refractivity contribution in [1.29, 1.82) is 0 Å². The van der Waals surface area contributed by atoms with Crippen molar-refractivity contribution in [2.45, 2.75) is 19.3 Å². The Morgan fingerprint density at radius 2 is 2.27 bits per heavy atom. The fourth-order valence-corrected chi connectivity index (χ4v) is 3.12. The van der Waals surface area contributed by atoms with E-state index in [2.05, 4.69) is 10.1 Å². The number of nitrogens with zero attached hydrogens (tertiary/aromatic N) is 3. The fourth-order valence-electron chi connectivity index (χ4n) is 2.87. The molecule has 4 rings (SSSR count). The first kappa shape index (κ1) is 13.6. The Morgan fingerprint density at radius 1 is 1.45 bits per heavy atom. The van der Waals surface area contributed by atoms with Crippen molar-refractivity contribution in [1.82, 2.24) is 14.8 Å². The summed E-state index contributed by atoms with van der Waals surface area (Å²) < 4.78 is 7.29. The van der Waals surface area contributed by atoms with Crippen LogP contribution >= 0.6 is 11.6 Å². The van der Waals surface area contributed by atoms with Gasteiger partial charge < -0.3 is 10.5 Å². The van der Waals surface area contributed by atoms with Crippen LogP contribution in [-0.4, -0.2) is 27.3 Å². The molecule has 2 aromatic rings. The number of ether oxygens (including phenoxy) is 1. The highest BCUT2D eigenvalue weighted by molar-refractivity contribution is 6.32. The number of carbonyl (C=O) groups excluding carboxylic acids is 1. The van der Waals surface area contributed by atoms with Gasteiger partial charge in [0.05, 0.1) is 12.2 Å². The maximum absolute atomic E-state index is 11.1. The molecule has 2 heterocycles. The normalized spacial score (nSPS) is 20.9. The van der Waals surface area contributed by atoms with Gasteiger partial charge in [-0.3, -0.25) is 4.79 Å². The molecule has 2 aliphatic rings. The smallest absolute Gasteiger partial charge is 0.251 e. The minimum Gasteiger partial charge on any atom is -0.476 e. The van der Waals surface area contributed by atoms with Gasteiger partial charge in [-0.15, -0.1) is 5.10 Å². The van der Waals surface area contributed by atoms with Crippen molar-refractivity contribution in [3.63, 3.8) is 0 Å². The van der Waals surface area contributed by atoms with Gasteiger partial charge in [0.1, 0.15) is 5.15 Å². The maximum Gasteiger partial charge on any atom is 0.251 e. The number of rotatable bonds is 5. The third kappa shape index (κ3) is 2.33. The predicted octanol–water partition coefficient (Wildman–Crippen LogP) is 2.20. The monoisotopic (exact) mass is 318 g/mol. The maximum atomic E-state index is 11.1. The average Bonchev–Trinajstić information content (AvgIpc) is 3.36. The van der Waals surface area contributed by atoms with Crippen molar-refractivity contribution in [3.05, 3.63) is 35.1 Å². The molecule has 0 saturated heterocycles. The van der Waals surface area contributed by atoms with Crippen LogP contribution in [0.5, 0.6) is 5.88 Å². The van der Waals surface area contributed by atoms with Crippen molar-refractivity contribution < 1.29 is 9.53 Å². The van der Waals surface area contributed by atoms with Gasteiger partial charge in [-0.05, 0) is 42.7 Å². The zero-order chi connectivity index (χ0) is 15.3. The lowest BCUT2D eigenvalue weighted by Gasteiger charge is -2.04. The van der Waals surface area contributed by atoms with Crippen molar-refractivity contribution in [3.8, 4) is 11.7 Å². The quantitative estimate of drug-likeness (QED) is 0.857. The molecule has 1 unspecified atom stereocenters. The second-order valence-electron chi connectivity index (χ2n) is 6.05. The standard InChI is InChI=1S/C15H15ClN4O2/c16-13-10(14(17)21)1-2-11(18-13)20-6-3-12(19-20)22-8-9-7-15(9)4-5-15/h1-3,6,9H,4-5,7-8H2,(H2,17,21). The number of carbonyl (C=O) groups is 1. The van der Waals surface area contributed by atoms with Crippen molar-refractivity contribution >= 4 is 17.5 Å². The van der Waals surface area contributed by atoms with Crippen LogP contribution in [0.1, 0.15) is 29.6 Å². The zero-order valence-electron chi connectivity index (χ0n) is 11.8. The van der Waals surface area contributed by atoms with E-state index in [0.29, 0.717) is 23.0 Å². The Hall–Kier alpha value is -2.08. The van der Waals surface area contributed by atoms with Crippen molar-refractivity contribution in [2.24, 2.45) is 17.1 Å². The third-order valence-electron chi connectivity index (χ3n) is 4.58. The highest BCUT2D eigenvalue weighted by Crippen LogP contribution is 2.70. The Kier molecular flexibility index (Phi) is 2.91. The summed E-state index contributed by atoms with van der Waals surface area (Å²) in [5, 5.41) is 4.39. The van der Waals surface area contributed by atoms with Crippen LogP contribution < -0.4 is 10.5 Å². The highest BCUT2D eigenvalue weighted by atomic mass is 35.5. The van der Waals surface area contributed by atoms with Crippen LogP contribution in [0.15, 0.2) is 24.4 Å². The molecule has 6 nitrogen and oxygen atoms in total. The van der Waals surface area contributed by atoms with Gasteiger partial charge in [-0.25, -0.2) is 9.67 Å². The summed E-state index contributed by atoms with van der Waals surface area (Å²) in [6, 6.07) is 4.97. The second kappa shape index (κ2) is 4.71. The van der Waals surface area contributed by atoms with Gasteiger partial charge in [-0.2, -0.15) is 0 Å². The Balaban J connectivity index is 1.46. The molecule has 2 aliphatic carbocycles. The SMILES string of the molecule is NC(=O)c1ccc(-n2ccc(OCC3CC34CC4)n2)nc1Cl. The lowest BCUT2D eigenvalue weighted by Crippen LogP contribution is -2.13. The molecule has 1 amide bonds. The second-order valence-corrected chi connectivity index (χ2v) is 6.40. The average molecular weight is 319 g/mol. The molecule has 114 valence electrons. The lowest BCUT2D eigenvalue weighted by molar-refractivity contribution is 0.1000. The summed E-state index contributed by atoms with van der Waals surface area (Å²) in [5.74, 6) is 1.17. The van der Waals surface area contributed by atoms with E-state index in [1.165, 1.54) is 25.3 Å². The van der Waals surface area contributed by atoms with Crippen LogP contribution in [0.25, 0.3) is 5.82 Å². The lowest BCUT2D eigenvalue weighted by atomic mass is 10.3. The number of hydrogen-bond acceptors (Lipinski definition) is 4. The highest BCUT2D eigenvalue weighted by Gasteiger charge is 2.62. The number of primary amides is 1. The molecule has 22 heavy (non-hydrogen) atoms. The molecular formula is C15H15ClN4O2. The third-order valence-corrected chi connectivity index (χ3v) is 4.87. The van der Waals surface area contributed by atoms with E-state index in [-0.39, 0.29) is 10.7 Å². The van der Waals surface area contributed by atoms with Crippen LogP contribution in [-0.2, 0) is 0 Å². The van der Waals surface area contributed by atoms with E-state index in [1.807, 2.05) is 0 Å². The largest absolute Gasteiger partial charge is 0.476 e. The molecule has 0 aliphatic heterocycles. The Morgan fingerprint density at radius 3 is 2.91 bits per heavy atom. The Labute approximate surface area is 132 Å². The van der Waals surface area contributed by atoms with Crippen LogP contribution in [0.2, 0.25) is 5.15 Å². The van der Waals surface area contributed by atoms with Gasteiger partial charge in [0.2, 0.25) is 5.88 Å². The zero-order valence-corrected chi connectivity index (χ0v) is 12.6. The summed E-state index contributed by atoms with van der Waals surface area (Å²) in [5.41, 5.74) is 6.02. The molecule has 1 atom stereocenters. The molecule has 0 bridgehead atoms. The minimum absolute atomic E-state index is 0.0663. The first-order valence-corrected chi connectivity index (χ1v) is 7.60. The summed E-state index contributed by atoms with van der Waals surface area (Å²) >= 11 is 5.95. The first-order chi connectivity index (χ1) is 10.6. The molecule has 2 saturated carbocycles. The summed E-state index contributed by atoms with van der Waals surface area (Å²) in [6.07, 6.45) is 5.74. The summed E-state index contributed by atoms with van der Waals surface area (Å²) in [7, 11) is 0. The minimum atomic E-state index is -0.605. The van der Waals surface area contributed by atoms with Gasteiger partial charge in [0, 0.05) is 12.3 Å². The predicted molar refractivity (Wildman–Crippen MR) is 80.2 cm³/mol. The van der Waals surface area contributed by atoms with Gasteiger partial charge in [0.25, 0.3) is 5.91 Å².